The molecule has 0 atom stereocenters. The third-order valence-electron chi connectivity index (χ3n) is 4.44. The number of amides is 1. The van der Waals surface area contributed by atoms with Crippen molar-refractivity contribution in [3.05, 3.63) is 77.6 Å². The summed E-state index contributed by atoms with van der Waals surface area (Å²) in [5.74, 6) is 0.126. The van der Waals surface area contributed by atoms with Crippen molar-refractivity contribution in [3.63, 3.8) is 0 Å². The molecule has 4 rings (SSSR count). The van der Waals surface area contributed by atoms with Crippen LogP contribution >= 0.6 is 11.3 Å². The molecule has 31 heavy (non-hydrogen) atoms. The molecule has 0 unspecified atom stereocenters. The topological polar surface area (TPSA) is 81.1 Å². The molecule has 2 N–H and O–H groups in total. The van der Waals surface area contributed by atoms with Crippen molar-refractivity contribution < 1.29 is 13.9 Å². The number of methoxy groups -OCH3 is 1. The van der Waals surface area contributed by atoms with Crippen molar-refractivity contribution in [2.75, 3.05) is 17.7 Å². The molecule has 158 valence electrons. The van der Waals surface area contributed by atoms with Crippen LogP contribution < -0.4 is 15.4 Å². The zero-order valence-corrected chi connectivity index (χ0v) is 17.7. The lowest BCUT2D eigenvalue weighted by atomic mass is 10.2. The minimum Gasteiger partial charge on any atom is -0.494 e. The van der Waals surface area contributed by atoms with Crippen LogP contribution in [0.25, 0.3) is 5.69 Å². The molecule has 0 bridgehead atoms. The third kappa shape index (κ3) is 5.07. The molecular formula is C22H20FN5O2S. The summed E-state index contributed by atoms with van der Waals surface area (Å²) in [7, 11) is 1.62. The molecule has 0 aliphatic carbocycles. The largest absolute Gasteiger partial charge is 0.494 e. The number of ether oxygens (including phenoxy) is 1. The predicted octanol–water partition coefficient (Wildman–Crippen LogP) is 4.71. The van der Waals surface area contributed by atoms with Gasteiger partial charge in [-0.25, -0.2) is 14.4 Å². The Balaban J connectivity index is 1.41. The summed E-state index contributed by atoms with van der Waals surface area (Å²) in [4.78, 5) is 20.9. The molecule has 2 aromatic carbocycles. The summed E-state index contributed by atoms with van der Waals surface area (Å²) in [6.45, 7) is 1.93. The number of carbonyl (C=O) groups excluding carboxylic acids is 1. The maximum Gasteiger partial charge on any atom is 0.230 e. The molecule has 0 saturated heterocycles. The number of thiazole rings is 1. The van der Waals surface area contributed by atoms with E-state index in [1.165, 1.54) is 35.6 Å². The van der Waals surface area contributed by atoms with Gasteiger partial charge in [0.2, 0.25) is 5.91 Å². The van der Waals surface area contributed by atoms with Crippen molar-refractivity contribution in [1.82, 2.24) is 14.5 Å². The molecule has 0 saturated carbocycles. The van der Waals surface area contributed by atoms with E-state index in [1.807, 2.05) is 41.3 Å². The number of nitrogens with zero attached hydrogens (tertiary/aromatic N) is 3. The van der Waals surface area contributed by atoms with Gasteiger partial charge >= 0.3 is 0 Å². The van der Waals surface area contributed by atoms with Gasteiger partial charge in [-0.1, -0.05) is 0 Å². The van der Waals surface area contributed by atoms with Gasteiger partial charge in [-0.15, -0.1) is 11.3 Å². The zero-order valence-electron chi connectivity index (χ0n) is 16.9. The fraction of sp³-hybridized carbons (Fsp3) is 0.136. The number of imidazole rings is 1. The van der Waals surface area contributed by atoms with E-state index in [0.717, 1.165) is 17.1 Å². The third-order valence-corrected chi connectivity index (χ3v) is 5.25. The fourth-order valence-electron chi connectivity index (χ4n) is 2.99. The van der Waals surface area contributed by atoms with Crippen LogP contribution in [0.15, 0.2) is 60.4 Å². The van der Waals surface area contributed by atoms with E-state index >= 15 is 0 Å². The second kappa shape index (κ2) is 8.97. The summed E-state index contributed by atoms with van der Waals surface area (Å²) in [5.41, 5.74) is 3.80. The van der Waals surface area contributed by atoms with Gasteiger partial charge in [0.05, 0.1) is 36.9 Å². The normalized spacial score (nSPS) is 10.7. The number of benzene rings is 2. The summed E-state index contributed by atoms with van der Waals surface area (Å²) in [6.07, 6.45) is 3.79. The van der Waals surface area contributed by atoms with Crippen LogP contribution in [-0.2, 0) is 11.2 Å². The van der Waals surface area contributed by atoms with Gasteiger partial charge in [0.25, 0.3) is 0 Å². The molecule has 9 heteroatoms. The summed E-state index contributed by atoms with van der Waals surface area (Å²) >= 11 is 1.40. The second-order valence-corrected chi connectivity index (χ2v) is 7.67. The number of aryl methyl sites for hydroxylation is 1. The van der Waals surface area contributed by atoms with Gasteiger partial charge in [0, 0.05) is 29.0 Å². The molecule has 0 aliphatic heterocycles. The van der Waals surface area contributed by atoms with Crippen LogP contribution in [0, 0.1) is 12.7 Å². The minimum absolute atomic E-state index is 0.123. The molecule has 0 spiro atoms. The Morgan fingerprint density at radius 3 is 2.68 bits per heavy atom. The van der Waals surface area contributed by atoms with E-state index < -0.39 is 0 Å². The van der Waals surface area contributed by atoms with Crippen LogP contribution in [0.1, 0.15) is 11.4 Å². The van der Waals surface area contributed by atoms with E-state index in [9.17, 15) is 9.18 Å². The van der Waals surface area contributed by atoms with E-state index in [0.29, 0.717) is 22.3 Å². The molecule has 1 amide bonds. The maximum absolute atomic E-state index is 13.0. The van der Waals surface area contributed by atoms with E-state index in [4.69, 9.17) is 4.74 Å². The number of aromatic nitrogens is 3. The highest BCUT2D eigenvalue weighted by Crippen LogP contribution is 2.29. The Hall–Kier alpha value is -3.72. The molecule has 2 aromatic heterocycles. The Kier molecular flexibility index (Phi) is 5.94. The lowest BCUT2D eigenvalue weighted by Crippen LogP contribution is -2.14. The molecule has 0 fully saturated rings. The van der Waals surface area contributed by atoms with Crippen molar-refractivity contribution in [3.8, 4) is 11.4 Å². The molecule has 4 aromatic rings. The monoisotopic (exact) mass is 437 g/mol. The van der Waals surface area contributed by atoms with Crippen molar-refractivity contribution in [1.29, 1.82) is 0 Å². The smallest absolute Gasteiger partial charge is 0.230 e. The molecular weight excluding hydrogens is 417 g/mol. The van der Waals surface area contributed by atoms with Crippen LogP contribution in [0.4, 0.5) is 20.9 Å². The second-order valence-electron chi connectivity index (χ2n) is 6.81. The number of hydrogen-bond acceptors (Lipinski definition) is 6. The number of carbonyl (C=O) groups is 1. The van der Waals surface area contributed by atoms with Crippen LogP contribution in [0.5, 0.6) is 5.75 Å². The van der Waals surface area contributed by atoms with Crippen LogP contribution in [0.2, 0.25) is 0 Å². The van der Waals surface area contributed by atoms with Crippen LogP contribution in [-0.4, -0.2) is 27.6 Å². The highest BCUT2D eigenvalue weighted by Gasteiger charge is 2.11. The van der Waals surface area contributed by atoms with E-state index in [2.05, 4.69) is 20.6 Å². The molecule has 0 aliphatic rings. The Morgan fingerprint density at radius 2 is 1.97 bits per heavy atom. The lowest BCUT2D eigenvalue weighted by Gasteiger charge is -2.11. The Labute approximate surface area is 182 Å². The average molecular weight is 438 g/mol. The van der Waals surface area contributed by atoms with Gasteiger partial charge in [-0.05, 0) is 43.3 Å². The number of hydrogen-bond donors (Lipinski definition) is 2. The van der Waals surface area contributed by atoms with Gasteiger partial charge in [-0.2, -0.15) is 0 Å². The first-order valence-corrected chi connectivity index (χ1v) is 10.3. The van der Waals surface area contributed by atoms with Gasteiger partial charge in [-0.3, -0.25) is 4.79 Å². The molecule has 0 radical (unpaired) electrons. The van der Waals surface area contributed by atoms with Crippen molar-refractivity contribution in [2.45, 2.75) is 13.3 Å². The standard InChI is InChI=1S/C22H20FN5O2S/c1-14-11-28(13-24-14)19-8-7-17(9-20(19)30-2)26-22-27-18(12-31-22)10-21(29)25-16-5-3-15(23)4-6-16/h3-9,11-13H,10H2,1-2H3,(H,25,29)(H,26,27). The first kappa shape index (κ1) is 20.5. The average Bonchev–Trinajstić information content (AvgIpc) is 3.38. The first-order chi connectivity index (χ1) is 15.0. The van der Waals surface area contributed by atoms with Crippen LogP contribution in [0.3, 0.4) is 0 Å². The molecule has 2 heterocycles. The van der Waals surface area contributed by atoms with Crippen molar-refractivity contribution in [2.24, 2.45) is 0 Å². The maximum atomic E-state index is 13.0. The number of nitrogens with one attached hydrogen (secondary N) is 2. The highest BCUT2D eigenvalue weighted by molar-refractivity contribution is 7.13. The lowest BCUT2D eigenvalue weighted by molar-refractivity contribution is -0.115. The predicted molar refractivity (Wildman–Crippen MR) is 119 cm³/mol. The highest BCUT2D eigenvalue weighted by atomic mass is 32.1. The minimum atomic E-state index is -0.349. The van der Waals surface area contributed by atoms with Gasteiger partial charge in [0.15, 0.2) is 5.13 Å². The zero-order chi connectivity index (χ0) is 21.8. The number of rotatable bonds is 7. The quantitative estimate of drug-likeness (QED) is 0.438. The SMILES string of the molecule is COc1cc(Nc2nc(CC(=O)Nc3ccc(F)cc3)cs2)ccc1-n1cnc(C)c1. The first-order valence-electron chi connectivity index (χ1n) is 9.46. The summed E-state index contributed by atoms with van der Waals surface area (Å²) in [6, 6.07) is 11.4. The fourth-order valence-corrected chi connectivity index (χ4v) is 3.72. The van der Waals surface area contributed by atoms with E-state index in [1.54, 1.807) is 13.4 Å². The number of halogens is 1. The Bertz CT molecular complexity index is 1200. The number of anilines is 3. The summed E-state index contributed by atoms with van der Waals surface area (Å²) in [5, 5.41) is 8.46. The summed E-state index contributed by atoms with van der Waals surface area (Å²) < 4.78 is 20.4. The van der Waals surface area contributed by atoms with E-state index in [-0.39, 0.29) is 18.1 Å². The van der Waals surface area contributed by atoms with Crippen molar-refractivity contribution >= 4 is 33.8 Å². The Morgan fingerprint density at radius 1 is 1.19 bits per heavy atom. The van der Waals surface area contributed by atoms with Gasteiger partial charge < -0.3 is 19.9 Å². The van der Waals surface area contributed by atoms with Gasteiger partial charge in [0.1, 0.15) is 11.6 Å². The molecule has 7 nitrogen and oxygen atoms in total.